The maximum atomic E-state index is 11.5. The van der Waals surface area contributed by atoms with E-state index in [2.05, 4.69) is 21.6 Å². The summed E-state index contributed by atoms with van der Waals surface area (Å²) in [6.07, 6.45) is 3.62. The Morgan fingerprint density at radius 3 is 2.57 bits per heavy atom. The van der Waals surface area contributed by atoms with Crippen molar-refractivity contribution >= 4 is 29.1 Å². The van der Waals surface area contributed by atoms with E-state index in [0.29, 0.717) is 59.9 Å². The van der Waals surface area contributed by atoms with Gasteiger partial charge in [-0.3, -0.25) is 14.7 Å². The number of β-amino-alcohol motifs (C(OH)–C–C–N with tert-alkyl or cyclic N) is 1. The molecule has 0 spiro atoms. The molecular formula is C38H43Cl2N5O4. The van der Waals surface area contributed by atoms with Gasteiger partial charge in [0.1, 0.15) is 5.75 Å². The number of nitrogens with zero attached hydrogens (tertiary/aromatic N) is 3. The van der Waals surface area contributed by atoms with Crippen LogP contribution in [-0.2, 0) is 24.3 Å². The largest absolute Gasteiger partial charge is 0.496 e. The number of aromatic nitrogens is 2. The number of benzene rings is 2. The number of ether oxygens (including phenoxy) is 2. The molecule has 2 aliphatic rings. The number of nitrogens with one attached hydrogen (secondary N) is 2. The molecule has 0 radical (unpaired) electrons. The predicted octanol–water partition coefficient (Wildman–Crippen LogP) is 6.54. The molecule has 0 bridgehead atoms. The molecule has 258 valence electrons. The molecule has 6 rings (SSSR count). The SMILES string of the molecule is COc1cc(-c2nccc(-c3cccc(-c4ccc(CNC[C@@H]5CCC(=O)N5)c(OC)n4)c3Cl)c2Cl)cc2c1CN(CC(O)C(C)C)CC2. The van der Waals surface area contributed by atoms with E-state index in [1.807, 2.05) is 56.3 Å². The highest BCUT2D eigenvalue weighted by Gasteiger charge is 2.25. The zero-order chi connectivity index (χ0) is 34.7. The van der Waals surface area contributed by atoms with Gasteiger partial charge in [-0.1, -0.05) is 61.3 Å². The molecule has 2 aromatic heterocycles. The van der Waals surface area contributed by atoms with Gasteiger partial charge in [0.2, 0.25) is 11.8 Å². The smallest absolute Gasteiger partial charge is 0.220 e. The Morgan fingerprint density at radius 1 is 1.04 bits per heavy atom. The van der Waals surface area contributed by atoms with Crippen molar-refractivity contribution in [3.05, 3.63) is 81.5 Å². The highest BCUT2D eigenvalue weighted by atomic mass is 35.5. The van der Waals surface area contributed by atoms with Crippen molar-refractivity contribution in [2.24, 2.45) is 5.92 Å². The lowest BCUT2D eigenvalue weighted by atomic mass is 9.93. The Balaban J connectivity index is 1.26. The van der Waals surface area contributed by atoms with Crippen molar-refractivity contribution in [2.45, 2.75) is 58.3 Å². The summed E-state index contributed by atoms with van der Waals surface area (Å²) in [4.78, 5) is 23.3. The van der Waals surface area contributed by atoms with Crippen LogP contribution in [0.25, 0.3) is 33.6 Å². The van der Waals surface area contributed by atoms with E-state index in [1.54, 1.807) is 20.4 Å². The summed E-state index contributed by atoms with van der Waals surface area (Å²) in [7, 11) is 3.29. The molecule has 3 N–H and O–H groups in total. The monoisotopic (exact) mass is 703 g/mol. The van der Waals surface area contributed by atoms with E-state index in [-0.39, 0.29) is 24.0 Å². The average Bonchev–Trinajstić information content (AvgIpc) is 3.52. The minimum atomic E-state index is -0.374. The number of amides is 1. The molecule has 2 aliphatic heterocycles. The van der Waals surface area contributed by atoms with Crippen LogP contribution in [0, 0.1) is 5.92 Å². The highest BCUT2D eigenvalue weighted by Crippen LogP contribution is 2.43. The van der Waals surface area contributed by atoms with E-state index in [0.717, 1.165) is 58.5 Å². The fourth-order valence-corrected chi connectivity index (χ4v) is 7.22. The number of hydrogen-bond donors (Lipinski definition) is 3. The number of pyridine rings is 2. The van der Waals surface area contributed by atoms with Crippen molar-refractivity contribution in [1.82, 2.24) is 25.5 Å². The van der Waals surface area contributed by atoms with Crippen molar-refractivity contribution in [3.63, 3.8) is 0 Å². The standard InChI is InChI=1S/C38H43Cl2N5O4/c1-22(2)32(46)21-45-15-13-23-16-25(17-33(48-3)30(23)20-45)37-36(40)28(12-14-42-37)27-6-5-7-29(35(27)39)31-10-8-24(38(44-31)49-4)18-41-19-26-9-11-34(47)43-26/h5-8,10,12,14,16-17,22,26,32,41,46H,9,11,13,15,18-21H2,1-4H3,(H,43,47)/t26-,32?/m0/s1. The third-order valence-corrected chi connectivity index (χ3v) is 10.3. The lowest BCUT2D eigenvalue weighted by Crippen LogP contribution is -2.38. The van der Waals surface area contributed by atoms with Gasteiger partial charge < -0.3 is 25.2 Å². The number of carbonyl (C=O) groups excluding carboxylic acids is 1. The Labute approximate surface area is 298 Å². The highest BCUT2D eigenvalue weighted by molar-refractivity contribution is 6.39. The molecule has 49 heavy (non-hydrogen) atoms. The van der Waals surface area contributed by atoms with Crippen LogP contribution >= 0.6 is 23.2 Å². The second-order valence-corrected chi connectivity index (χ2v) is 13.9. The summed E-state index contributed by atoms with van der Waals surface area (Å²) in [5.41, 5.74) is 7.70. The number of rotatable bonds is 12. The number of aliphatic hydroxyl groups excluding tert-OH is 1. The van der Waals surface area contributed by atoms with Gasteiger partial charge in [-0.2, -0.15) is 0 Å². The van der Waals surface area contributed by atoms with Crippen LogP contribution in [0.2, 0.25) is 10.0 Å². The summed E-state index contributed by atoms with van der Waals surface area (Å²) in [5, 5.41) is 17.9. The van der Waals surface area contributed by atoms with E-state index < -0.39 is 0 Å². The molecule has 2 aromatic carbocycles. The van der Waals surface area contributed by atoms with Gasteiger partial charge in [0, 0.05) is 84.8 Å². The Kier molecular flexibility index (Phi) is 11.1. The number of methoxy groups -OCH3 is 2. The van der Waals surface area contributed by atoms with Gasteiger partial charge in [0.15, 0.2) is 0 Å². The second kappa shape index (κ2) is 15.4. The molecule has 11 heteroatoms. The maximum Gasteiger partial charge on any atom is 0.220 e. The van der Waals surface area contributed by atoms with Crippen LogP contribution in [-0.4, -0.2) is 71.9 Å². The molecule has 4 heterocycles. The summed E-state index contributed by atoms with van der Waals surface area (Å²) >= 11 is 14.3. The van der Waals surface area contributed by atoms with Crippen LogP contribution in [0.4, 0.5) is 0 Å². The molecule has 9 nitrogen and oxygen atoms in total. The summed E-state index contributed by atoms with van der Waals surface area (Å²) in [6, 6.07) is 15.9. The number of aliphatic hydroxyl groups is 1. The van der Waals surface area contributed by atoms with Crippen LogP contribution in [0.15, 0.2) is 54.7 Å². The zero-order valence-electron chi connectivity index (χ0n) is 28.4. The molecule has 2 atom stereocenters. The number of hydrogen-bond acceptors (Lipinski definition) is 8. The molecule has 1 fully saturated rings. The molecule has 4 aromatic rings. The normalized spacial score (nSPS) is 16.8. The predicted molar refractivity (Wildman–Crippen MR) is 194 cm³/mol. The second-order valence-electron chi connectivity index (χ2n) is 13.1. The van der Waals surface area contributed by atoms with Crippen LogP contribution in [0.1, 0.15) is 43.4 Å². The van der Waals surface area contributed by atoms with Crippen molar-refractivity contribution in [3.8, 4) is 45.3 Å². The molecule has 0 saturated carbocycles. The quantitative estimate of drug-likeness (QED) is 0.153. The van der Waals surface area contributed by atoms with Crippen LogP contribution in [0.3, 0.4) is 0 Å². The fraction of sp³-hybridized carbons (Fsp3) is 0.395. The van der Waals surface area contributed by atoms with Crippen LogP contribution < -0.4 is 20.1 Å². The number of carbonyl (C=O) groups is 1. The average molecular weight is 705 g/mol. The Morgan fingerprint density at radius 2 is 1.84 bits per heavy atom. The first-order valence-corrected chi connectivity index (χ1v) is 17.5. The van der Waals surface area contributed by atoms with Gasteiger partial charge in [-0.15, -0.1) is 0 Å². The first kappa shape index (κ1) is 35.1. The van der Waals surface area contributed by atoms with Crippen LogP contribution in [0.5, 0.6) is 11.6 Å². The van der Waals surface area contributed by atoms with Crippen molar-refractivity contribution < 1.29 is 19.4 Å². The first-order valence-electron chi connectivity index (χ1n) is 16.7. The summed E-state index contributed by atoms with van der Waals surface area (Å²) in [6.45, 7) is 7.50. The number of fused-ring (bicyclic) bond motifs is 1. The fourth-order valence-electron chi connectivity index (χ4n) is 6.57. The van der Waals surface area contributed by atoms with Crippen molar-refractivity contribution in [1.29, 1.82) is 0 Å². The first-order chi connectivity index (χ1) is 23.7. The third kappa shape index (κ3) is 7.71. The topological polar surface area (TPSA) is 109 Å². The maximum absolute atomic E-state index is 11.5. The summed E-state index contributed by atoms with van der Waals surface area (Å²) in [5.74, 6) is 1.59. The van der Waals surface area contributed by atoms with Gasteiger partial charge >= 0.3 is 0 Å². The Bertz CT molecular complexity index is 1820. The lowest BCUT2D eigenvalue weighted by molar-refractivity contribution is -0.119. The minimum absolute atomic E-state index is 0.101. The molecule has 1 amide bonds. The van der Waals surface area contributed by atoms with E-state index in [4.69, 9.17) is 42.6 Å². The Hall–Kier alpha value is -3.73. The zero-order valence-corrected chi connectivity index (χ0v) is 29.9. The summed E-state index contributed by atoms with van der Waals surface area (Å²) < 4.78 is 11.5. The van der Waals surface area contributed by atoms with Gasteiger partial charge in [-0.25, -0.2) is 4.98 Å². The minimum Gasteiger partial charge on any atom is -0.496 e. The van der Waals surface area contributed by atoms with E-state index in [1.165, 1.54) is 5.56 Å². The van der Waals surface area contributed by atoms with Gasteiger partial charge in [0.05, 0.1) is 41.8 Å². The number of halogens is 2. The molecule has 0 aliphatic carbocycles. The third-order valence-electron chi connectivity index (χ3n) is 9.47. The van der Waals surface area contributed by atoms with Crippen molar-refractivity contribution in [2.75, 3.05) is 33.9 Å². The van der Waals surface area contributed by atoms with Gasteiger partial charge in [0.25, 0.3) is 0 Å². The molecular weight excluding hydrogens is 661 g/mol. The van der Waals surface area contributed by atoms with E-state index in [9.17, 15) is 9.90 Å². The molecule has 1 saturated heterocycles. The van der Waals surface area contributed by atoms with Gasteiger partial charge in [-0.05, 0) is 48.6 Å². The van der Waals surface area contributed by atoms with E-state index >= 15 is 0 Å². The lowest BCUT2D eigenvalue weighted by Gasteiger charge is -2.32. The molecule has 1 unspecified atom stereocenters.